The van der Waals surface area contributed by atoms with Crippen molar-refractivity contribution in [2.24, 2.45) is 11.8 Å². The highest BCUT2D eigenvalue weighted by Gasteiger charge is 2.38. The first-order valence-electron chi connectivity index (χ1n) is 7.44. The molecule has 0 aliphatic heterocycles. The van der Waals surface area contributed by atoms with Crippen molar-refractivity contribution >= 4 is 5.97 Å². The van der Waals surface area contributed by atoms with Gasteiger partial charge < -0.3 is 5.11 Å². The summed E-state index contributed by atoms with van der Waals surface area (Å²) in [5.41, 5.74) is 2.53. The largest absolute Gasteiger partial charge is 0.481 e. The van der Waals surface area contributed by atoms with Crippen LogP contribution >= 0.6 is 0 Å². The third-order valence-corrected chi connectivity index (χ3v) is 4.89. The molecule has 2 aliphatic rings. The van der Waals surface area contributed by atoms with Gasteiger partial charge in [-0.25, -0.2) is 0 Å². The first kappa shape index (κ1) is 12.6. The van der Waals surface area contributed by atoms with Gasteiger partial charge in [-0.1, -0.05) is 18.9 Å². The Morgan fingerprint density at radius 1 is 1.21 bits per heavy atom. The molecule has 1 aromatic heterocycles. The number of carboxylic acid groups (broad SMARTS) is 1. The van der Waals surface area contributed by atoms with Crippen molar-refractivity contribution in [3.05, 3.63) is 29.6 Å². The summed E-state index contributed by atoms with van der Waals surface area (Å²) in [4.78, 5) is 16.1. The molecule has 1 fully saturated rings. The zero-order valence-corrected chi connectivity index (χ0v) is 11.2. The summed E-state index contributed by atoms with van der Waals surface area (Å²) in [6, 6.07) is 4.16. The highest BCUT2D eigenvalue weighted by Crippen LogP contribution is 2.44. The summed E-state index contributed by atoms with van der Waals surface area (Å²) >= 11 is 0. The highest BCUT2D eigenvalue weighted by atomic mass is 16.4. The number of carbonyl (C=O) groups is 1. The Bertz CT molecular complexity index is 472. The number of aliphatic carboxylic acids is 1. The van der Waals surface area contributed by atoms with Crippen LogP contribution in [0.15, 0.2) is 18.3 Å². The van der Waals surface area contributed by atoms with Crippen LogP contribution in [0.5, 0.6) is 0 Å². The van der Waals surface area contributed by atoms with Gasteiger partial charge in [-0.2, -0.15) is 0 Å². The number of hydrogen-bond donors (Lipinski definition) is 1. The highest BCUT2D eigenvalue weighted by molar-refractivity contribution is 5.70. The Hall–Kier alpha value is -1.38. The van der Waals surface area contributed by atoms with E-state index in [1.807, 2.05) is 12.3 Å². The van der Waals surface area contributed by atoms with E-state index in [2.05, 4.69) is 11.1 Å². The summed E-state index contributed by atoms with van der Waals surface area (Å²) in [6.07, 6.45) is 9.38. The molecular weight excluding hydrogens is 238 g/mol. The zero-order chi connectivity index (χ0) is 13.2. The predicted molar refractivity (Wildman–Crippen MR) is 73.0 cm³/mol. The van der Waals surface area contributed by atoms with E-state index in [-0.39, 0.29) is 5.92 Å². The number of pyridine rings is 1. The van der Waals surface area contributed by atoms with Crippen LogP contribution in [-0.4, -0.2) is 16.1 Å². The molecule has 0 spiro atoms. The fourth-order valence-corrected chi connectivity index (χ4v) is 4.01. The van der Waals surface area contributed by atoms with Crippen molar-refractivity contribution in [3.63, 3.8) is 0 Å². The lowest BCUT2D eigenvalue weighted by Gasteiger charge is -2.37. The van der Waals surface area contributed by atoms with Crippen molar-refractivity contribution in [1.29, 1.82) is 0 Å². The fourth-order valence-electron chi connectivity index (χ4n) is 4.01. The Labute approximate surface area is 114 Å². The average molecular weight is 259 g/mol. The lowest BCUT2D eigenvalue weighted by Crippen LogP contribution is -2.33. The maximum Gasteiger partial charge on any atom is 0.306 e. The van der Waals surface area contributed by atoms with Gasteiger partial charge in [0.1, 0.15) is 0 Å². The maximum absolute atomic E-state index is 11.5. The average Bonchev–Trinajstić information content (AvgIpc) is 2.46. The molecule has 1 saturated carbocycles. The lowest BCUT2D eigenvalue weighted by atomic mass is 9.67. The van der Waals surface area contributed by atoms with Crippen LogP contribution in [-0.2, 0) is 11.2 Å². The van der Waals surface area contributed by atoms with Gasteiger partial charge in [-0.05, 0) is 49.7 Å². The molecule has 0 radical (unpaired) electrons. The van der Waals surface area contributed by atoms with Crippen LogP contribution < -0.4 is 0 Å². The van der Waals surface area contributed by atoms with Crippen LogP contribution in [0, 0.1) is 11.8 Å². The standard InChI is InChI=1S/C16H21NO2/c18-16(19)14-8-2-1-7-12(14)13-9-3-5-11-6-4-10-17-15(11)13/h4,6,10,12-14H,1-3,5,7-9H2,(H,18,19). The van der Waals surface area contributed by atoms with Gasteiger partial charge in [0.2, 0.25) is 0 Å². The van der Waals surface area contributed by atoms with Gasteiger partial charge in [0.05, 0.1) is 5.92 Å². The van der Waals surface area contributed by atoms with Gasteiger partial charge in [0, 0.05) is 17.8 Å². The minimum atomic E-state index is -0.604. The van der Waals surface area contributed by atoms with Gasteiger partial charge in [0.25, 0.3) is 0 Å². The van der Waals surface area contributed by atoms with Crippen LogP contribution in [0.1, 0.15) is 55.7 Å². The van der Waals surface area contributed by atoms with Crippen LogP contribution in [0.3, 0.4) is 0 Å². The molecule has 0 saturated heterocycles. The number of nitrogens with zero attached hydrogens (tertiary/aromatic N) is 1. The molecule has 19 heavy (non-hydrogen) atoms. The van der Waals surface area contributed by atoms with Crippen molar-refractivity contribution in [3.8, 4) is 0 Å². The molecular formula is C16H21NO2. The van der Waals surface area contributed by atoms with Crippen molar-refractivity contribution in [2.75, 3.05) is 0 Å². The molecule has 3 nitrogen and oxygen atoms in total. The zero-order valence-electron chi connectivity index (χ0n) is 11.2. The van der Waals surface area contributed by atoms with E-state index in [0.29, 0.717) is 11.8 Å². The van der Waals surface area contributed by atoms with Crippen molar-refractivity contribution in [1.82, 2.24) is 4.98 Å². The summed E-state index contributed by atoms with van der Waals surface area (Å²) in [7, 11) is 0. The maximum atomic E-state index is 11.5. The molecule has 3 heteroatoms. The van der Waals surface area contributed by atoms with E-state index < -0.39 is 5.97 Å². The van der Waals surface area contributed by atoms with Gasteiger partial charge in [-0.3, -0.25) is 9.78 Å². The fraction of sp³-hybridized carbons (Fsp3) is 0.625. The number of carboxylic acids is 1. The van der Waals surface area contributed by atoms with Gasteiger partial charge in [0.15, 0.2) is 0 Å². The molecule has 1 aromatic rings. The van der Waals surface area contributed by atoms with E-state index in [4.69, 9.17) is 0 Å². The second-order valence-corrected chi connectivity index (χ2v) is 5.94. The van der Waals surface area contributed by atoms with E-state index in [0.717, 1.165) is 32.1 Å². The molecule has 3 unspecified atom stereocenters. The van der Waals surface area contributed by atoms with Gasteiger partial charge in [-0.15, -0.1) is 0 Å². The van der Waals surface area contributed by atoms with E-state index in [1.54, 1.807) is 0 Å². The molecule has 1 N–H and O–H groups in total. The summed E-state index contributed by atoms with van der Waals surface area (Å²) in [5, 5.41) is 9.47. The summed E-state index contributed by atoms with van der Waals surface area (Å²) < 4.78 is 0. The first-order valence-corrected chi connectivity index (χ1v) is 7.44. The minimum absolute atomic E-state index is 0.160. The summed E-state index contributed by atoms with van der Waals surface area (Å²) in [6.45, 7) is 0. The Morgan fingerprint density at radius 3 is 2.89 bits per heavy atom. The molecule has 3 atom stereocenters. The Kier molecular flexibility index (Phi) is 3.54. The smallest absolute Gasteiger partial charge is 0.306 e. The molecule has 2 aliphatic carbocycles. The lowest BCUT2D eigenvalue weighted by molar-refractivity contribution is -0.145. The number of hydrogen-bond acceptors (Lipinski definition) is 2. The van der Waals surface area contributed by atoms with Crippen molar-refractivity contribution < 1.29 is 9.90 Å². The molecule has 0 bridgehead atoms. The molecule has 0 aromatic carbocycles. The molecule has 1 heterocycles. The van der Waals surface area contributed by atoms with Crippen molar-refractivity contribution in [2.45, 2.75) is 50.9 Å². The minimum Gasteiger partial charge on any atom is -0.481 e. The SMILES string of the molecule is O=C(O)C1CCCCC1C1CCCc2cccnc21. The third-order valence-electron chi connectivity index (χ3n) is 4.89. The number of aryl methyl sites for hydroxylation is 1. The van der Waals surface area contributed by atoms with Crippen LogP contribution in [0.4, 0.5) is 0 Å². The van der Waals surface area contributed by atoms with Crippen LogP contribution in [0.2, 0.25) is 0 Å². The van der Waals surface area contributed by atoms with Crippen LogP contribution in [0.25, 0.3) is 0 Å². The first-order chi connectivity index (χ1) is 9.27. The quantitative estimate of drug-likeness (QED) is 0.885. The predicted octanol–water partition coefficient (Wildman–Crippen LogP) is 3.39. The Balaban J connectivity index is 1.91. The number of fused-ring (bicyclic) bond motifs is 1. The van der Waals surface area contributed by atoms with E-state index in [1.165, 1.54) is 24.1 Å². The number of aromatic nitrogens is 1. The second-order valence-electron chi connectivity index (χ2n) is 5.94. The molecule has 0 amide bonds. The monoisotopic (exact) mass is 259 g/mol. The number of rotatable bonds is 2. The normalized spacial score (nSPS) is 30.6. The van der Waals surface area contributed by atoms with Gasteiger partial charge >= 0.3 is 5.97 Å². The van der Waals surface area contributed by atoms with E-state index in [9.17, 15) is 9.90 Å². The summed E-state index contributed by atoms with van der Waals surface area (Å²) in [5.74, 6) is -0.106. The molecule has 102 valence electrons. The Morgan fingerprint density at radius 2 is 2.05 bits per heavy atom. The van der Waals surface area contributed by atoms with E-state index >= 15 is 0 Å². The third kappa shape index (κ3) is 2.38. The second kappa shape index (κ2) is 5.32. The topological polar surface area (TPSA) is 50.2 Å². The molecule has 3 rings (SSSR count).